The number of anilines is 1. The largest absolute Gasteiger partial charge is 0.457 e. The van der Waals surface area contributed by atoms with Gasteiger partial charge in [-0.3, -0.25) is 14.9 Å². The Balaban J connectivity index is 1.89. The van der Waals surface area contributed by atoms with Crippen molar-refractivity contribution in [3.05, 3.63) is 85.6 Å². The molecule has 2 aromatic carbocycles. The molecule has 0 saturated heterocycles. The Morgan fingerprint density at radius 3 is 2.53 bits per heavy atom. The quantitative estimate of drug-likeness (QED) is 0.225. The molecule has 1 heterocycles. The fraction of sp³-hybridized carbons (Fsp3) is 0.0476. The summed E-state index contributed by atoms with van der Waals surface area (Å²) in [6.07, 6.45) is 1.23. The number of amides is 1. The molecule has 0 aliphatic rings. The first-order chi connectivity index (χ1) is 14.3. The number of aryl methyl sites for hydroxylation is 1. The second-order valence-electron chi connectivity index (χ2n) is 6.20. The van der Waals surface area contributed by atoms with Gasteiger partial charge in [0.15, 0.2) is 0 Å². The van der Waals surface area contributed by atoms with Crippen molar-refractivity contribution >= 4 is 46.6 Å². The second-order valence-corrected chi connectivity index (χ2v) is 7.01. The van der Waals surface area contributed by atoms with Crippen molar-refractivity contribution in [3.8, 4) is 17.4 Å². The number of nitrogens with zero attached hydrogens (tertiary/aromatic N) is 2. The van der Waals surface area contributed by atoms with Crippen LogP contribution >= 0.6 is 23.2 Å². The lowest BCUT2D eigenvalue weighted by atomic mass is 10.1. The van der Waals surface area contributed by atoms with E-state index in [1.807, 2.05) is 0 Å². The number of rotatable bonds is 5. The molecule has 0 bridgehead atoms. The zero-order valence-electron chi connectivity index (χ0n) is 15.5. The minimum atomic E-state index is -0.807. The Labute approximate surface area is 181 Å². The molecule has 0 radical (unpaired) electrons. The molecule has 0 unspecified atom stereocenters. The summed E-state index contributed by atoms with van der Waals surface area (Å²) in [6, 6.07) is 14.3. The SMILES string of the molecule is Cc1ccc(NC(=O)/C(C#N)=C/c2ccc(-c3c(Cl)cccc3Cl)o2)c([N+](=O)[O-])c1. The topological polar surface area (TPSA) is 109 Å². The average Bonchev–Trinajstić information content (AvgIpc) is 3.15. The number of nitro groups is 1. The smallest absolute Gasteiger partial charge is 0.293 e. The number of benzene rings is 2. The summed E-state index contributed by atoms with van der Waals surface area (Å²) in [6.45, 7) is 1.69. The monoisotopic (exact) mass is 441 g/mol. The molecular formula is C21H13Cl2N3O4. The maximum absolute atomic E-state index is 12.5. The average molecular weight is 442 g/mol. The van der Waals surface area contributed by atoms with Crippen LogP contribution in [0.2, 0.25) is 10.0 Å². The van der Waals surface area contributed by atoms with Crippen LogP contribution in [0, 0.1) is 28.4 Å². The fourth-order valence-corrected chi connectivity index (χ4v) is 3.26. The number of hydrogen-bond acceptors (Lipinski definition) is 5. The second kappa shape index (κ2) is 8.82. The van der Waals surface area contributed by atoms with Crippen LogP contribution in [0.15, 0.2) is 58.5 Å². The third-order valence-corrected chi connectivity index (χ3v) is 4.72. The number of carbonyl (C=O) groups is 1. The van der Waals surface area contributed by atoms with Gasteiger partial charge in [-0.25, -0.2) is 0 Å². The van der Waals surface area contributed by atoms with Gasteiger partial charge in [-0.2, -0.15) is 5.26 Å². The molecule has 30 heavy (non-hydrogen) atoms. The molecule has 3 rings (SSSR count). The predicted molar refractivity (Wildman–Crippen MR) is 114 cm³/mol. The van der Waals surface area contributed by atoms with Gasteiger partial charge in [0.05, 0.1) is 20.5 Å². The number of carbonyl (C=O) groups excluding carboxylic acids is 1. The van der Waals surface area contributed by atoms with E-state index in [2.05, 4.69) is 5.32 Å². The molecule has 0 fully saturated rings. The highest BCUT2D eigenvalue weighted by Crippen LogP contribution is 2.36. The zero-order chi connectivity index (χ0) is 21.8. The maximum Gasteiger partial charge on any atom is 0.293 e. The summed E-state index contributed by atoms with van der Waals surface area (Å²) in [5.74, 6) is -0.229. The van der Waals surface area contributed by atoms with Crippen LogP contribution in [0.3, 0.4) is 0 Å². The van der Waals surface area contributed by atoms with E-state index < -0.39 is 10.8 Å². The van der Waals surface area contributed by atoms with Gasteiger partial charge in [-0.15, -0.1) is 0 Å². The van der Waals surface area contributed by atoms with Crippen molar-refractivity contribution in [1.82, 2.24) is 0 Å². The molecule has 0 spiro atoms. The van der Waals surface area contributed by atoms with Crippen molar-refractivity contribution in [2.45, 2.75) is 6.92 Å². The molecule has 7 nitrogen and oxygen atoms in total. The molecule has 1 aromatic heterocycles. The lowest BCUT2D eigenvalue weighted by Gasteiger charge is -2.06. The van der Waals surface area contributed by atoms with Crippen LogP contribution < -0.4 is 5.32 Å². The standard InChI is InChI=1S/C21H13Cl2N3O4/c1-12-5-7-17(18(9-12)26(28)29)25-21(27)13(11-24)10-14-6-8-19(30-14)20-15(22)3-2-4-16(20)23/h2-10H,1H3,(H,25,27)/b13-10+. The van der Waals surface area contributed by atoms with Crippen LogP contribution in [0.4, 0.5) is 11.4 Å². The molecule has 0 atom stereocenters. The third kappa shape index (κ3) is 4.51. The minimum Gasteiger partial charge on any atom is -0.457 e. The van der Waals surface area contributed by atoms with Gasteiger partial charge in [0, 0.05) is 12.1 Å². The molecule has 9 heteroatoms. The Morgan fingerprint density at radius 2 is 1.90 bits per heavy atom. The Morgan fingerprint density at radius 1 is 1.20 bits per heavy atom. The first-order valence-electron chi connectivity index (χ1n) is 8.52. The Hall–Kier alpha value is -3.60. The molecule has 1 amide bonds. The third-order valence-electron chi connectivity index (χ3n) is 4.09. The van der Waals surface area contributed by atoms with E-state index in [1.54, 1.807) is 49.4 Å². The molecule has 0 aliphatic heterocycles. The molecular weight excluding hydrogens is 429 g/mol. The van der Waals surface area contributed by atoms with Crippen molar-refractivity contribution in [1.29, 1.82) is 5.26 Å². The highest BCUT2D eigenvalue weighted by atomic mass is 35.5. The van der Waals surface area contributed by atoms with Crippen molar-refractivity contribution < 1.29 is 14.1 Å². The van der Waals surface area contributed by atoms with Crippen LogP contribution in [0.25, 0.3) is 17.4 Å². The van der Waals surface area contributed by atoms with Gasteiger partial charge in [-0.05, 0) is 42.8 Å². The summed E-state index contributed by atoms with van der Waals surface area (Å²) < 4.78 is 5.66. The summed E-state index contributed by atoms with van der Waals surface area (Å²) in [5.41, 5.74) is 0.570. The number of nitro benzene ring substituents is 1. The van der Waals surface area contributed by atoms with E-state index in [9.17, 15) is 20.2 Å². The van der Waals surface area contributed by atoms with Crippen LogP contribution in [0.1, 0.15) is 11.3 Å². The zero-order valence-corrected chi connectivity index (χ0v) is 17.0. The molecule has 1 N–H and O–H groups in total. The van der Waals surface area contributed by atoms with Crippen LogP contribution in [0.5, 0.6) is 0 Å². The van der Waals surface area contributed by atoms with Crippen molar-refractivity contribution in [2.75, 3.05) is 5.32 Å². The number of halogens is 2. The molecule has 150 valence electrons. The number of nitriles is 1. The number of nitrogens with one attached hydrogen (secondary N) is 1. The molecule has 0 aliphatic carbocycles. The number of furan rings is 1. The van der Waals surface area contributed by atoms with Gasteiger partial charge in [0.2, 0.25) is 0 Å². The number of hydrogen-bond donors (Lipinski definition) is 1. The molecule has 3 aromatic rings. The van der Waals surface area contributed by atoms with Crippen LogP contribution in [-0.2, 0) is 4.79 Å². The summed E-state index contributed by atoms with van der Waals surface area (Å²) in [7, 11) is 0. The summed E-state index contributed by atoms with van der Waals surface area (Å²) in [4.78, 5) is 23.1. The first-order valence-corrected chi connectivity index (χ1v) is 9.28. The van der Waals surface area contributed by atoms with Crippen molar-refractivity contribution in [2.24, 2.45) is 0 Å². The first kappa shape index (κ1) is 21.1. The highest BCUT2D eigenvalue weighted by Gasteiger charge is 2.19. The fourth-order valence-electron chi connectivity index (χ4n) is 2.68. The van der Waals surface area contributed by atoms with E-state index in [0.29, 0.717) is 26.9 Å². The van der Waals surface area contributed by atoms with E-state index >= 15 is 0 Å². The lowest BCUT2D eigenvalue weighted by Crippen LogP contribution is -2.14. The Bertz CT molecular complexity index is 1200. The van der Waals surface area contributed by atoms with Crippen LogP contribution in [-0.4, -0.2) is 10.8 Å². The van der Waals surface area contributed by atoms with E-state index in [1.165, 1.54) is 18.2 Å². The summed E-state index contributed by atoms with van der Waals surface area (Å²) >= 11 is 12.3. The van der Waals surface area contributed by atoms with Gasteiger partial charge >= 0.3 is 0 Å². The molecule has 0 saturated carbocycles. The van der Waals surface area contributed by atoms with E-state index in [-0.39, 0.29) is 22.7 Å². The maximum atomic E-state index is 12.5. The Kier molecular flexibility index (Phi) is 6.21. The predicted octanol–water partition coefficient (Wildman–Crippen LogP) is 6.02. The van der Waals surface area contributed by atoms with Gasteiger partial charge in [-0.1, -0.05) is 35.3 Å². The van der Waals surface area contributed by atoms with Gasteiger partial charge < -0.3 is 9.73 Å². The lowest BCUT2D eigenvalue weighted by molar-refractivity contribution is -0.384. The van der Waals surface area contributed by atoms with E-state index in [0.717, 1.165) is 0 Å². The van der Waals surface area contributed by atoms with Gasteiger partial charge in [0.25, 0.3) is 11.6 Å². The van der Waals surface area contributed by atoms with E-state index in [4.69, 9.17) is 27.6 Å². The minimum absolute atomic E-state index is 0.0141. The summed E-state index contributed by atoms with van der Waals surface area (Å²) in [5, 5.41) is 23.8. The highest BCUT2D eigenvalue weighted by molar-refractivity contribution is 6.39. The van der Waals surface area contributed by atoms with Crippen molar-refractivity contribution in [3.63, 3.8) is 0 Å². The normalized spacial score (nSPS) is 11.1. The van der Waals surface area contributed by atoms with Gasteiger partial charge in [0.1, 0.15) is 28.9 Å².